The van der Waals surface area contributed by atoms with E-state index in [1.54, 1.807) is 0 Å². The van der Waals surface area contributed by atoms with Gasteiger partial charge in [-0.25, -0.2) is 0 Å². The second-order valence-corrected chi connectivity index (χ2v) is 13.4. The minimum atomic E-state index is -1.78. The van der Waals surface area contributed by atoms with E-state index in [0.717, 1.165) is 49.5 Å². The van der Waals surface area contributed by atoms with Crippen LogP contribution in [0.25, 0.3) is 100 Å². The monoisotopic (exact) mass is 682 g/mol. The van der Waals surface area contributed by atoms with E-state index in [-0.39, 0.29) is 0 Å². The Morgan fingerprint density at radius 3 is 1.70 bits per heavy atom. The van der Waals surface area contributed by atoms with Crippen molar-refractivity contribution in [2.45, 2.75) is 6.92 Å². The Bertz CT molecular complexity index is 2880. The van der Waals surface area contributed by atoms with Gasteiger partial charge in [0.1, 0.15) is 11.2 Å². The molecule has 0 spiro atoms. The van der Waals surface area contributed by atoms with Crippen molar-refractivity contribution < 1.29 is 14.5 Å². The summed E-state index contributed by atoms with van der Waals surface area (Å²) in [6.45, 7) is 6.16. The minimum Gasteiger partial charge on any atom is -0.456 e. The van der Waals surface area contributed by atoms with Crippen molar-refractivity contribution in [1.29, 1.82) is 0 Å². The van der Waals surface area contributed by atoms with Crippen LogP contribution in [-0.4, -0.2) is 17.2 Å². The van der Waals surface area contributed by atoms with E-state index in [0.29, 0.717) is 22.2 Å². The highest BCUT2D eigenvalue weighted by atomic mass is 16.4. The maximum Gasteiger partial charge on any atom is 0.492 e. The molecule has 8 aromatic carbocycles. The van der Waals surface area contributed by atoms with Gasteiger partial charge in [-0.2, -0.15) is 0 Å². The number of furan rings is 1. The molecule has 0 bridgehead atoms. The van der Waals surface area contributed by atoms with Crippen molar-refractivity contribution in [1.82, 2.24) is 0 Å². The van der Waals surface area contributed by atoms with E-state index in [2.05, 4.69) is 122 Å². The average Bonchev–Trinajstić information content (AvgIpc) is 3.59. The Balaban J connectivity index is 1.33. The predicted octanol–water partition coefficient (Wildman–Crippen LogP) is 11.9. The van der Waals surface area contributed by atoms with Gasteiger partial charge in [0.25, 0.3) is 0 Å². The second-order valence-electron chi connectivity index (χ2n) is 13.4. The average molecular weight is 683 g/mol. The van der Waals surface area contributed by atoms with E-state index in [9.17, 15) is 10.0 Å². The molecule has 0 aliphatic heterocycles. The Hall–Kier alpha value is -6.46. The lowest BCUT2D eigenvalue weighted by Crippen LogP contribution is -2.33. The largest absolute Gasteiger partial charge is 0.492 e. The third-order valence-corrected chi connectivity index (χ3v) is 10.4. The fourth-order valence-corrected chi connectivity index (χ4v) is 8.18. The molecule has 0 saturated carbocycles. The molecule has 9 rings (SSSR count). The normalized spacial score (nSPS) is 11.7. The molecule has 0 atom stereocenters. The number of allylic oxidation sites excluding steroid dienone is 1. The first kappa shape index (κ1) is 32.5. The number of para-hydroxylation sites is 1. The topological polar surface area (TPSA) is 53.6 Å². The molecule has 1 heterocycles. The summed E-state index contributed by atoms with van der Waals surface area (Å²) in [4.78, 5) is 0. The molecule has 0 saturated heterocycles. The fourth-order valence-electron chi connectivity index (χ4n) is 8.18. The molecule has 3 nitrogen and oxygen atoms in total. The molecule has 0 radical (unpaired) electrons. The van der Waals surface area contributed by atoms with Crippen molar-refractivity contribution >= 4 is 68.2 Å². The van der Waals surface area contributed by atoms with Gasteiger partial charge in [0.2, 0.25) is 0 Å². The summed E-state index contributed by atoms with van der Waals surface area (Å²) in [7, 11) is -1.78. The van der Waals surface area contributed by atoms with Crippen LogP contribution in [0, 0.1) is 0 Å². The van der Waals surface area contributed by atoms with Crippen molar-refractivity contribution in [2.24, 2.45) is 0 Å². The van der Waals surface area contributed by atoms with Gasteiger partial charge in [0.15, 0.2) is 0 Å². The summed E-state index contributed by atoms with van der Waals surface area (Å²) >= 11 is 0. The first-order valence-electron chi connectivity index (χ1n) is 17.9. The zero-order chi connectivity index (χ0) is 36.1. The zero-order valence-corrected chi connectivity index (χ0v) is 29.3. The minimum absolute atomic E-state index is 0.330. The molecule has 0 fully saturated rings. The van der Waals surface area contributed by atoms with Crippen LogP contribution in [0.3, 0.4) is 0 Å². The fraction of sp³-hybridized carbons (Fsp3) is 0.0204. The second kappa shape index (κ2) is 13.3. The van der Waals surface area contributed by atoms with Crippen molar-refractivity contribution in [3.63, 3.8) is 0 Å². The highest BCUT2D eigenvalue weighted by Crippen LogP contribution is 2.45. The van der Waals surface area contributed by atoms with Crippen LogP contribution in [0.2, 0.25) is 0 Å². The Morgan fingerprint density at radius 1 is 0.509 bits per heavy atom. The molecule has 2 N–H and O–H groups in total. The highest BCUT2D eigenvalue weighted by molar-refractivity contribution is 6.64. The Labute approximate surface area is 308 Å². The Kier molecular flexibility index (Phi) is 8.12. The molecule has 0 unspecified atom stereocenters. The van der Waals surface area contributed by atoms with Gasteiger partial charge in [-0.3, -0.25) is 0 Å². The van der Waals surface area contributed by atoms with Crippen LogP contribution >= 0.6 is 0 Å². The van der Waals surface area contributed by atoms with Gasteiger partial charge in [-0.05, 0) is 102 Å². The molecule has 4 heteroatoms. The van der Waals surface area contributed by atoms with Crippen LogP contribution in [0.1, 0.15) is 18.1 Å². The molecular weight excluding hydrogens is 647 g/mol. The predicted molar refractivity (Wildman–Crippen MR) is 225 cm³/mol. The van der Waals surface area contributed by atoms with Crippen LogP contribution in [0.4, 0.5) is 0 Å². The number of hydrogen-bond acceptors (Lipinski definition) is 3. The third-order valence-electron chi connectivity index (χ3n) is 10.4. The molecule has 252 valence electrons. The van der Waals surface area contributed by atoms with Gasteiger partial charge in [-0.1, -0.05) is 158 Å². The van der Waals surface area contributed by atoms with Crippen molar-refractivity contribution in [3.8, 4) is 44.5 Å². The molecular formula is C49H35BO3. The molecule has 1 aromatic heterocycles. The maximum atomic E-state index is 11.0. The van der Waals surface area contributed by atoms with Crippen molar-refractivity contribution in [3.05, 3.63) is 175 Å². The van der Waals surface area contributed by atoms with Crippen molar-refractivity contribution in [2.75, 3.05) is 0 Å². The SMILES string of the molecule is C=Cc1c(/C=C\C)c(-c2cccc(-c3ccc4c(-c5ccccc5)c5ccccc5c(-c5ccccc5)c4c3)c2)c(B(O)O)c2oc3ccccc3c12. The van der Waals surface area contributed by atoms with Crippen LogP contribution in [0.15, 0.2) is 169 Å². The van der Waals surface area contributed by atoms with Crippen LogP contribution in [0.5, 0.6) is 0 Å². The molecule has 53 heavy (non-hydrogen) atoms. The molecule has 0 aliphatic carbocycles. The van der Waals surface area contributed by atoms with E-state index >= 15 is 0 Å². The number of benzene rings is 8. The van der Waals surface area contributed by atoms with E-state index < -0.39 is 7.12 Å². The summed E-state index contributed by atoms with van der Waals surface area (Å²) in [6, 6.07) is 52.8. The van der Waals surface area contributed by atoms with E-state index in [1.165, 1.54) is 32.8 Å². The molecule has 0 amide bonds. The summed E-state index contributed by atoms with van der Waals surface area (Å²) in [6.07, 6.45) is 5.83. The first-order chi connectivity index (χ1) is 26.1. The molecule has 0 aliphatic rings. The summed E-state index contributed by atoms with van der Waals surface area (Å²) in [5.74, 6) is 0. The number of fused-ring (bicyclic) bond motifs is 5. The standard InChI is InChI=1S/C49H35BO3/c1-3-16-37-36(4-2)47-41-25-13-14-26-43(41)53-49(47)48(50(51)52)46(37)35-22-15-21-33(29-35)34-27-28-40-42(30-34)45(32-19-9-6-10-20-32)39-24-12-11-23-38(39)44(40)31-17-7-5-8-18-31/h3-30,51-52H,2H2,1H3/b16-3-. The van der Waals surface area contributed by atoms with E-state index in [4.69, 9.17) is 4.42 Å². The number of hydrogen-bond donors (Lipinski definition) is 2. The quantitative estimate of drug-likeness (QED) is 0.130. The lowest BCUT2D eigenvalue weighted by atomic mass is 9.71. The van der Waals surface area contributed by atoms with Gasteiger partial charge in [-0.15, -0.1) is 0 Å². The first-order valence-corrected chi connectivity index (χ1v) is 17.9. The maximum absolute atomic E-state index is 11.0. The van der Waals surface area contributed by atoms with Gasteiger partial charge >= 0.3 is 7.12 Å². The Morgan fingerprint density at radius 2 is 1.06 bits per heavy atom. The smallest absolute Gasteiger partial charge is 0.456 e. The number of rotatable bonds is 7. The third kappa shape index (κ3) is 5.31. The molecule has 9 aromatic rings. The van der Waals surface area contributed by atoms with Gasteiger partial charge < -0.3 is 14.5 Å². The summed E-state index contributed by atoms with van der Waals surface area (Å²) in [5, 5.41) is 28.6. The zero-order valence-electron chi connectivity index (χ0n) is 29.3. The lowest BCUT2D eigenvalue weighted by molar-refractivity contribution is 0.425. The summed E-state index contributed by atoms with van der Waals surface area (Å²) < 4.78 is 6.39. The lowest BCUT2D eigenvalue weighted by Gasteiger charge is -2.19. The summed E-state index contributed by atoms with van der Waals surface area (Å²) in [5.41, 5.74) is 11.5. The van der Waals surface area contributed by atoms with Gasteiger partial charge in [0.05, 0.1) is 0 Å². The highest BCUT2D eigenvalue weighted by Gasteiger charge is 2.29. The van der Waals surface area contributed by atoms with Crippen LogP contribution in [-0.2, 0) is 0 Å². The van der Waals surface area contributed by atoms with Gasteiger partial charge in [0, 0.05) is 16.2 Å². The van der Waals surface area contributed by atoms with E-state index in [1.807, 2.05) is 61.5 Å². The van der Waals surface area contributed by atoms with Crippen LogP contribution < -0.4 is 5.46 Å².